The van der Waals surface area contributed by atoms with Gasteiger partial charge in [0.25, 0.3) is 0 Å². The van der Waals surface area contributed by atoms with Gasteiger partial charge in [0.15, 0.2) is 0 Å². The number of hydrogen-bond acceptors (Lipinski definition) is 4. The minimum absolute atomic E-state index is 0.0326. The van der Waals surface area contributed by atoms with Gasteiger partial charge >= 0.3 is 0 Å². The fraction of sp³-hybridized carbons (Fsp3) is 0.423. The summed E-state index contributed by atoms with van der Waals surface area (Å²) in [5, 5.41) is 3.35. The lowest BCUT2D eigenvalue weighted by molar-refractivity contribution is -0.138. The first-order chi connectivity index (χ1) is 16.8. The van der Waals surface area contributed by atoms with Crippen LogP contribution in [0.2, 0.25) is 5.02 Å². The molecular weight excluding hydrogens is 471 g/mol. The molecule has 0 saturated carbocycles. The smallest absolute Gasteiger partial charge is 0.237 e. The molecule has 2 atom stereocenters. The Morgan fingerprint density at radius 1 is 1.11 bits per heavy atom. The lowest BCUT2D eigenvalue weighted by Gasteiger charge is -2.44. The van der Waals surface area contributed by atoms with E-state index in [1.165, 1.54) is 12.1 Å². The van der Waals surface area contributed by atoms with Crippen molar-refractivity contribution < 1.29 is 18.8 Å². The number of nitrogens with zero attached hydrogens (tertiary/aromatic N) is 2. The van der Waals surface area contributed by atoms with Gasteiger partial charge in [0.1, 0.15) is 5.82 Å². The van der Waals surface area contributed by atoms with E-state index in [-0.39, 0.29) is 36.5 Å². The molecule has 2 aromatic rings. The summed E-state index contributed by atoms with van der Waals surface area (Å²) in [7, 11) is 1.60. The largest absolute Gasteiger partial charge is 0.370 e. The second kappa shape index (κ2) is 12.7. The first-order valence-corrected chi connectivity index (χ1v) is 12.2. The van der Waals surface area contributed by atoms with Gasteiger partial charge in [-0.1, -0.05) is 35.9 Å². The number of hydrogen-bond donors (Lipinski definition) is 2. The molecule has 188 valence electrons. The van der Waals surface area contributed by atoms with Crippen LogP contribution in [0.3, 0.4) is 0 Å². The number of likely N-dealkylation sites (N-methyl/N-ethyl adjacent to an activating group) is 1. The fourth-order valence-corrected chi connectivity index (χ4v) is 4.75. The van der Waals surface area contributed by atoms with Gasteiger partial charge in [-0.05, 0) is 54.7 Å². The van der Waals surface area contributed by atoms with Gasteiger partial charge in [-0.2, -0.15) is 0 Å². The van der Waals surface area contributed by atoms with Crippen LogP contribution in [0, 0.1) is 5.82 Å². The van der Waals surface area contributed by atoms with Gasteiger partial charge < -0.3 is 16.0 Å². The molecule has 0 bridgehead atoms. The second-order valence-electron chi connectivity index (χ2n) is 8.83. The van der Waals surface area contributed by atoms with Crippen molar-refractivity contribution in [2.24, 2.45) is 5.73 Å². The summed E-state index contributed by atoms with van der Waals surface area (Å²) in [5.41, 5.74) is 7.22. The highest BCUT2D eigenvalue weighted by atomic mass is 35.5. The predicted molar refractivity (Wildman–Crippen MR) is 133 cm³/mol. The Bertz CT molecular complexity index is 1030. The van der Waals surface area contributed by atoms with Crippen LogP contribution in [-0.4, -0.2) is 66.3 Å². The summed E-state index contributed by atoms with van der Waals surface area (Å²) >= 11 is 6.14. The molecule has 0 aliphatic carbocycles. The van der Waals surface area contributed by atoms with E-state index in [1.54, 1.807) is 30.1 Å². The van der Waals surface area contributed by atoms with E-state index in [2.05, 4.69) is 10.2 Å². The van der Waals surface area contributed by atoms with Crippen molar-refractivity contribution in [3.63, 3.8) is 0 Å². The van der Waals surface area contributed by atoms with Gasteiger partial charge in [0.05, 0.1) is 6.04 Å². The summed E-state index contributed by atoms with van der Waals surface area (Å²) in [6, 6.07) is 12.8. The number of carbonyl (C=O) groups is 3. The highest BCUT2D eigenvalue weighted by Gasteiger charge is 2.35. The number of piperazine rings is 1. The van der Waals surface area contributed by atoms with E-state index in [0.717, 1.165) is 11.1 Å². The first-order valence-electron chi connectivity index (χ1n) is 11.8. The van der Waals surface area contributed by atoms with Gasteiger partial charge in [-0.3, -0.25) is 19.3 Å². The summed E-state index contributed by atoms with van der Waals surface area (Å²) in [6.07, 6.45) is 1.82. The summed E-state index contributed by atoms with van der Waals surface area (Å²) < 4.78 is 13.2. The van der Waals surface area contributed by atoms with Crippen molar-refractivity contribution >= 4 is 29.3 Å². The highest BCUT2D eigenvalue weighted by molar-refractivity contribution is 6.30. The summed E-state index contributed by atoms with van der Waals surface area (Å²) in [5.74, 6) is -0.890. The van der Waals surface area contributed by atoms with Crippen LogP contribution in [0.25, 0.3) is 0 Å². The molecular formula is C26H32ClFN4O3. The topological polar surface area (TPSA) is 95.7 Å². The maximum atomic E-state index is 13.2. The van der Waals surface area contributed by atoms with Crippen LogP contribution in [0.1, 0.15) is 30.4 Å². The Morgan fingerprint density at radius 3 is 2.51 bits per heavy atom. The molecule has 3 amide bonds. The fourth-order valence-electron chi connectivity index (χ4n) is 4.53. The Hall–Kier alpha value is -2.97. The van der Waals surface area contributed by atoms with Crippen molar-refractivity contribution in [2.45, 2.75) is 44.2 Å². The van der Waals surface area contributed by atoms with Crippen LogP contribution in [0.5, 0.6) is 0 Å². The van der Waals surface area contributed by atoms with Gasteiger partial charge in [-0.15, -0.1) is 0 Å². The lowest BCUT2D eigenvalue weighted by Crippen LogP contribution is -2.60. The number of amides is 3. The third-order valence-electron chi connectivity index (χ3n) is 6.41. The quantitative estimate of drug-likeness (QED) is 0.522. The van der Waals surface area contributed by atoms with E-state index in [1.807, 2.05) is 18.2 Å². The molecule has 3 N–H and O–H groups in total. The van der Waals surface area contributed by atoms with Crippen molar-refractivity contribution in [3.8, 4) is 0 Å². The highest BCUT2D eigenvalue weighted by Crippen LogP contribution is 2.22. The number of carbonyl (C=O) groups excluding carboxylic acids is 3. The summed E-state index contributed by atoms with van der Waals surface area (Å²) in [6.45, 7) is 1.41. The molecule has 0 aromatic heterocycles. The van der Waals surface area contributed by atoms with Crippen molar-refractivity contribution in [1.29, 1.82) is 0 Å². The number of benzene rings is 2. The van der Waals surface area contributed by atoms with E-state index in [9.17, 15) is 18.8 Å². The molecule has 0 spiro atoms. The average Bonchev–Trinajstić information content (AvgIpc) is 2.85. The van der Waals surface area contributed by atoms with Crippen molar-refractivity contribution in [2.75, 3.05) is 26.7 Å². The van der Waals surface area contributed by atoms with Crippen LogP contribution in [0.4, 0.5) is 4.39 Å². The van der Waals surface area contributed by atoms with Crippen molar-refractivity contribution in [3.05, 3.63) is 70.5 Å². The van der Waals surface area contributed by atoms with Crippen LogP contribution in [-0.2, 0) is 27.2 Å². The number of nitrogens with one attached hydrogen (secondary N) is 1. The Labute approximate surface area is 210 Å². The molecule has 1 saturated heterocycles. The maximum absolute atomic E-state index is 13.2. The number of primary amides is 1. The molecule has 35 heavy (non-hydrogen) atoms. The predicted octanol–water partition coefficient (Wildman–Crippen LogP) is 2.55. The normalized spacial score (nSPS) is 17.1. The third-order valence-corrected chi connectivity index (χ3v) is 6.64. The molecule has 7 nitrogen and oxygen atoms in total. The number of nitrogens with two attached hydrogens (primary N) is 1. The minimum atomic E-state index is -0.439. The SMILES string of the molecule is CNC(=O)C(Cc1cccc(Cl)c1)N1CCN(C(=O)CCc2ccc(F)cc2)C(CCC(N)=O)C1. The first kappa shape index (κ1) is 26.6. The van der Waals surface area contributed by atoms with E-state index in [4.69, 9.17) is 17.3 Å². The Kier molecular flexibility index (Phi) is 9.63. The molecule has 0 radical (unpaired) electrons. The zero-order valence-corrected chi connectivity index (χ0v) is 20.6. The zero-order valence-electron chi connectivity index (χ0n) is 19.9. The number of rotatable bonds is 10. The van der Waals surface area contributed by atoms with Gasteiger partial charge in [0, 0.05) is 50.6 Å². The Morgan fingerprint density at radius 2 is 1.86 bits per heavy atom. The number of aryl methyl sites for hydroxylation is 1. The average molecular weight is 503 g/mol. The molecule has 1 fully saturated rings. The molecule has 2 unspecified atom stereocenters. The number of halogens is 2. The van der Waals surface area contributed by atoms with E-state index < -0.39 is 11.9 Å². The second-order valence-corrected chi connectivity index (χ2v) is 9.27. The van der Waals surface area contributed by atoms with Gasteiger partial charge in [0.2, 0.25) is 17.7 Å². The zero-order chi connectivity index (χ0) is 25.4. The van der Waals surface area contributed by atoms with Crippen LogP contribution < -0.4 is 11.1 Å². The lowest BCUT2D eigenvalue weighted by atomic mass is 9.99. The van der Waals surface area contributed by atoms with E-state index >= 15 is 0 Å². The molecule has 9 heteroatoms. The van der Waals surface area contributed by atoms with Gasteiger partial charge in [-0.25, -0.2) is 4.39 Å². The molecule has 3 rings (SSSR count). The molecule has 1 aliphatic rings. The maximum Gasteiger partial charge on any atom is 0.237 e. The summed E-state index contributed by atoms with van der Waals surface area (Å²) in [4.78, 5) is 41.3. The van der Waals surface area contributed by atoms with Crippen molar-refractivity contribution in [1.82, 2.24) is 15.1 Å². The molecule has 1 heterocycles. The third kappa shape index (κ3) is 7.77. The van der Waals surface area contributed by atoms with E-state index in [0.29, 0.717) is 43.9 Å². The standard InChI is InChI=1S/C26H32ClFN4O3/c1-30-26(35)23(16-19-3-2-4-20(27)15-19)31-13-14-32(22(17-31)10-11-24(29)33)25(34)12-7-18-5-8-21(28)9-6-18/h2-6,8-9,15,22-23H,7,10-14,16-17H2,1H3,(H2,29,33)(H,30,35). The van der Waals surface area contributed by atoms with Crippen LogP contribution >= 0.6 is 11.6 Å². The monoisotopic (exact) mass is 502 g/mol. The molecule has 2 aromatic carbocycles. The molecule has 1 aliphatic heterocycles. The Balaban J connectivity index is 1.72. The minimum Gasteiger partial charge on any atom is -0.370 e. The van der Waals surface area contributed by atoms with Crippen LogP contribution in [0.15, 0.2) is 48.5 Å².